The zero-order valence-corrected chi connectivity index (χ0v) is 15.1. The summed E-state index contributed by atoms with van der Waals surface area (Å²) in [6.45, 7) is 6.57. The lowest BCUT2D eigenvalue weighted by molar-refractivity contribution is -0.0742. The van der Waals surface area contributed by atoms with Crippen LogP contribution < -0.4 is 0 Å². The molecule has 0 radical (unpaired) electrons. The Morgan fingerprint density at radius 1 is 1.48 bits per heavy atom. The summed E-state index contributed by atoms with van der Waals surface area (Å²) in [5.41, 5.74) is 0.303. The molecule has 1 fully saturated rings. The summed E-state index contributed by atoms with van der Waals surface area (Å²) in [6.07, 6.45) is 4.64. The number of nitrogens with zero attached hydrogens (tertiary/aromatic N) is 4. The fourth-order valence-corrected chi connectivity index (χ4v) is 3.88. The van der Waals surface area contributed by atoms with Crippen LogP contribution in [-0.2, 0) is 12.6 Å². The van der Waals surface area contributed by atoms with Crippen molar-refractivity contribution >= 4 is 11.6 Å². The van der Waals surface area contributed by atoms with E-state index >= 15 is 0 Å². The Hall–Kier alpha value is -1.76. The van der Waals surface area contributed by atoms with Crippen molar-refractivity contribution in [2.45, 2.75) is 37.5 Å². The molecular weight excluding hydrogens is 343 g/mol. The van der Waals surface area contributed by atoms with E-state index in [4.69, 9.17) is 11.6 Å². The molecule has 1 aliphatic rings. The molecule has 3 rings (SSSR count). The van der Waals surface area contributed by atoms with E-state index in [0.29, 0.717) is 24.9 Å². The Balaban J connectivity index is 1.99. The monoisotopic (exact) mass is 364 g/mol. The lowest BCUT2D eigenvalue weighted by Gasteiger charge is -2.47. The van der Waals surface area contributed by atoms with Crippen LogP contribution in [-0.4, -0.2) is 37.6 Å². The fraction of sp³-hybridized carbons (Fsp3) is 0.444. The van der Waals surface area contributed by atoms with Gasteiger partial charge in [0.2, 0.25) is 0 Å². The highest BCUT2D eigenvalue weighted by Crippen LogP contribution is 2.45. The van der Waals surface area contributed by atoms with Gasteiger partial charge in [-0.15, -0.1) is 11.7 Å². The molecule has 0 spiro atoms. The van der Waals surface area contributed by atoms with Gasteiger partial charge in [-0.2, -0.15) is 0 Å². The number of hydrogen-bond donors (Lipinski definition) is 1. The number of aryl methyl sites for hydroxylation is 1. The normalized spacial score (nSPS) is 27.4. The molecule has 2 aromatic rings. The van der Waals surface area contributed by atoms with Gasteiger partial charge in [0.05, 0.1) is 22.4 Å². The Bertz CT molecular complexity index is 780. The molecule has 134 valence electrons. The first kappa shape index (κ1) is 18.0. The molecule has 1 N–H and O–H groups in total. The van der Waals surface area contributed by atoms with Crippen molar-refractivity contribution in [1.82, 2.24) is 19.9 Å². The smallest absolute Gasteiger partial charge is 0.141 e. The maximum absolute atomic E-state index is 13.5. The SMILES string of the molecule is C=CCN1[C@@H](C)C[C@@](O)(c2ccc(F)c(Cl)c2)C[C@H]1c1cn(C)nn1. The predicted octanol–water partition coefficient (Wildman–Crippen LogP) is 3.21. The summed E-state index contributed by atoms with van der Waals surface area (Å²) >= 11 is 5.93. The highest BCUT2D eigenvalue weighted by atomic mass is 35.5. The van der Waals surface area contributed by atoms with Crippen molar-refractivity contribution < 1.29 is 9.50 Å². The van der Waals surface area contributed by atoms with Gasteiger partial charge >= 0.3 is 0 Å². The van der Waals surface area contributed by atoms with Gasteiger partial charge in [-0.05, 0) is 31.0 Å². The van der Waals surface area contributed by atoms with Crippen LogP contribution in [0.25, 0.3) is 0 Å². The molecule has 0 amide bonds. The topological polar surface area (TPSA) is 54.2 Å². The van der Waals surface area contributed by atoms with E-state index in [2.05, 4.69) is 28.7 Å². The summed E-state index contributed by atoms with van der Waals surface area (Å²) < 4.78 is 15.2. The third-order valence-electron chi connectivity index (χ3n) is 4.89. The van der Waals surface area contributed by atoms with E-state index in [9.17, 15) is 9.50 Å². The quantitative estimate of drug-likeness (QED) is 0.846. The maximum Gasteiger partial charge on any atom is 0.141 e. The van der Waals surface area contributed by atoms with Gasteiger partial charge in [0.25, 0.3) is 0 Å². The zero-order chi connectivity index (χ0) is 18.2. The van der Waals surface area contributed by atoms with Gasteiger partial charge in [-0.25, -0.2) is 4.39 Å². The van der Waals surface area contributed by atoms with Crippen molar-refractivity contribution in [2.24, 2.45) is 7.05 Å². The number of aliphatic hydroxyl groups is 1. The molecule has 1 saturated heterocycles. The van der Waals surface area contributed by atoms with Crippen molar-refractivity contribution in [1.29, 1.82) is 0 Å². The lowest BCUT2D eigenvalue weighted by atomic mass is 9.77. The molecule has 0 unspecified atom stereocenters. The van der Waals surface area contributed by atoms with Gasteiger partial charge in [-0.1, -0.05) is 29.0 Å². The minimum atomic E-state index is -1.11. The van der Waals surface area contributed by atoms with E-state index in [1.54, 1.807) is 10.7 Å². The van der Waals surface area contributed by atoms with Crippen LogP contribution in [0.4, 0.5) is 4.39 Å². The van der Waals surface area contributed by atoms with Crippen molar-refractivity contribution in [3.05, 3.63) is 59.1 Å². The number of benzene rings is 1. The van der Waals surface area contributed by atoms with Gasteiger partial charge in [0.1, 0.15) is 5.82 Å². The average molecular weight is 365 g/mol. The van der Waals surface area contributed by atoms with Gasteiger partial charge in [-0.3, -0.25) is 9.58 Å². The van der Waals surface area contributed by atoms with Crippen LogP contribution in [0.15, 0.2) is 37.1 Å². The summed E-state index contributed by atoms with van der Waals surface area (Å²) in [5.74, 6) is -0.489. The van der Waals surface area contributed by atoms with Crippen LogP contribution >= 0.6 is 11.6 Å². The number of rotatable bonds is 4. The van der Waals surface area contributed by atoms with Crippen molar-refractivity contribution in [3.63, 3.8) is 0 Å². The minimum Gasteiger partial charge on any atom is -0.385 e. The third kappa shape index (κ3) is 3.47. The van der Waals surface area contributed by atoms with Gasteiger partial charge in [0, 0.05) is 32.3 Å². The van der Waals surface area contributed by atoms with Gasteiger partial charge in [0.15, 0.2) is 0 Å². The molecule has 0 aliphatic carbocycles. The Kier molecular flexibility index (Phi) is 4.95. The van der Waals surface area contributed by atoms with Crippen molar-refractivity contribution in [3.8, 4) is 0 Å². The molecule has 25 heavy (non-hydrogen) atoms. The first-order chi connectivity index (χ1) is 11.8. The van der Waals surface area contributed by atoms with Crippen LogP contribution in [0.1, 0.15) is 37.1 Å². The number of hydrogen-bond acceptors (Lipinski definition) is 4. The number of piperidine rings is 1. The summed E-state index contributed by atoms with van der Waals surface area (Å²) in [4.78, 5) is 2.25. The highest BCUT2D eigenvalue weighted by molar-refractivity contribution is 6.30. The molecule has 1 aromatic heterocycles. The first-order valence-corrected chi connectivity index (χ1v) is 8.62. The standard InChI is InChI=1S/C18H22ClFN4O/c1-4-7-24-12(2)9-18(25,13-5-6-15(20)14(19)8-13)10-17(24)16-11-23(3)22-21-16/h4-6,8,11-12,17,25H,1,7,9-10H2,2-3H3/t12-,17-,18-/m0/s1. The first-order valence-electron chi connectivity index (χ1n) is 8.25. The van der Waals surface area contributed by atoms with E-state index in [0.717, 1.165) is 5.69 Å². The van der Waals surface area contributed by atoms with E-state index in [1.807, 2.05) is 19.3 Å². The molecule has 7 heteroatoms. The van der Waals surface area contributed by atoms with Crippen LogP contribution in [0.5, 0.6) is 0 Å². The zero-order valence-electron chi connectivity index (χ0n) is 14.4. The number of halogens is 2. The number of aromatic nitrogens is 3. The molecular formula is C18H22ClFN4O. The Morgan fingerprint density at radius 2 is 2.24 bits per heavy atom. The van der Waals surface area contributed by atoms with E-state index in [-0.39, 0.29) is 17.1 Å². The lowest BCUT2D eigenvalue weighted by Crippen LogP contribution is -2.49. The van der Waals surface area contributed by atoms with Gasteiger partial charge < -0.3 is 5.11 Å². The predicted molar refractivity (Wildman–Crippen MR) is 94.6 cm³/mol. The highest BCUT2D eigenvalue weighted by Gasteiger charge is 2.44. The minimum absolute atomic E-state index is 0.0168. The molecule has 0 bridgehead atoms. The molecule has 5 nitrogen and oxygen atoms in total. The second kappa shape index (κ2) is 6.86. The largest absolute Gasteiger partial charge is 0.385 e. The third-order valence-corrected chi connectivity index (χ3v) is 5.18. The average Bonchev–Trinajstić information content (AvgIpc) is 2.99. The van der Waals surface area contributed by atoms with E-state index in [1.165, 1.54) is 12.1 Å². The number of likely N-dealkylation sites (tertiary alicyclic amines) is 1. The van der Waals surface area contributed by atoms with E-state index < -0.39 is 11.4 Å². The van der Waals surface area contributed by atoms with Crippen LogP contribution in [0, 0.1) is 5.82 Å². The maximum atomic E-state index is 13.5. The van der Waals surface area contributed by atoms with Crippen LogP contribution in [0.3, 0.4) is 0 Å². The second-order valence-electron chi connectivity index (χ2n) is 6.74. The van der Waals surface area contributed by atoms with Crippen molar-refractivity contribution in [2.75, 3.05) is 6.54 Å². The Morgan fingerprint density at radius 3 is 2.84 bits per heavy atom. The fourth-order valence-electron chi connectivity index (χ4n) is 3.70. The summed E-state index contributed by atoms with van der Waals surface area (Å²) in [7, 11) is 1.81. The molecule has 1 aromatic carbocycles. The Labute approximate surface area is 151 Å². The summed E-state index contributed by atoms with van der Waals surface area (Å²) in [6, 6.07) is 4.37. The second-order valence-corrected chi connectivity index (χ2v) is 7.14. The summed E-state index contributed by atoms with van der Waals surface area (Å²) in [5, 5.41) is 19.6. The molecule has 1 aliphatic heterocycles. The van der Waals surface area contributed by atoms with Crippen LogP contribution in [0.2, 0.25) is 5.02 Å². The molecule has 0 saturated carbocycles. The molecule has 2 heterocycles. The molecule has 3 atom stereocenters.